The second-order valence-corrected chi connectivity index (χ2v) is 6.57. The van der Waals surface area contributed by atoms with E-state index in [0.717, 1.165) is 22.0 Å². The number of hydrogen-bond acceptors (Lipinski definition) is 3. The van der Waals surface area contributed by atoms with Crippen LogP contribution in [0.15, 0.2) is 35.1 Å². The van der Waals surface area contributed by atoms with E-state index in [4.69, 9.17) is 0 Å². The van der Waals surface area contributed by atoms with E-state index < -0.39 is 0 Å². The predicted octanol–water partition coefficient (Wildman–Crippen LogP) is 3.28. The minimum absolute atomic E-state index is 0.0625. The molecule has 5 heteroatoms. The van der Waals surface area contributed by atoms with E-state index in [2.05, 4.69) is 5.32 Å². The van der Waals surface area contributed by atoms with Crippen LogP contribution in [0, 0.1) is 0 Å². The lowest BCUT2D eigenvalue weighted by molar-refractivity contribution is 0.0943. The van der Waals surface area contributed by atoms with Gasteiger partial charge < -0.3 is 9.88 Å². The zero-order chi connectivity index (χ0) is 15.9. The Bertz CT molecular complexity index is 923. The fraction of sp³-hybridized carbons (Fsp3) is 0.294. The average molecular weight is 314 g/mol. The molecule has 0 aliphatic carbocycles. The Morgan fingerprint density at radius 3 is 2.77 bits per heavy atom. The lowest BCUT2D eigenvalue weighted by Gasteiger charge is -2.09. The van der Waals surface area contributed by atoms with Crippen molar-refractivity contribution >= 4 is 38.2 Å². The number of carbonyl (C=O) groups is 1. The first-order chi connectivity index (χ1) is 10.5. The topological polar surface area (TPSA) is 51.1 Å². The Morgan fingerprint density at radius 1 is 1.32 bits per heavy atom. The molecule has 0 fully saturated rings. The molecule has 4 nitrogen and oxygen atoms in total. The van der Waals surface area contributed by atoms with Gasteiger partial charge in [-0.3, -0.25) is 9.59 Å². The van der Waals surface area contributed by atoms with E-state index in [0.29, 0.717) is 10.3 Å². The second-order valence-electron chi connectivity index (χ2n) is 5.52. The standard InChI is InChI=1S/C17H18N2O2S/c1-4-10(2)18-16(20)14-9-12-15(22-14)11-7-5-6-8-13(11)19(3)17(12)21/h5-10H,4H2,1-3H3,(H,18,20). The molecule has 0 aliphatic rings. The maximum Gasteiger partial charge on any atom is 0.261 e. The molecule has 2 heterocycles. The summed E-state index contributed by atoms with van der Waals surface area (Å²) < 4.78 is 2.52. The quantitative estimate of drug-likeness (QED) is 0.806. The SMILES string of the molecule is CCC(C)NC(=O)c1cc2c(=O)n(C)c3ccccc3c2s1. The van der Waals surface area contributed by atoms with Gasteiger partial charge in [0.1, 0.15) is 0 Å². The third-order valence-electron chi connectivity index (χ3n) is 3.99. The Kier molecular flexibility index (Phi) is 3.74. The fourth-order valence-corrected chi connectivity index (χ4v) is 3.59. The highest BCUT2D eigenvalue weighted by molar-refractivity contribution is 7.21. The third-order valence-corrected chi connectivity index (χ3v) is 5.16. The number of benzene rings is 1. The largest absolute Gasteiger partial charge is 0.349 e. The number of nitrogens with zero attached hydrogens (tertiary/aromatic N) is 1. The number of fused-ring (bicyclic) bond motifs is 3. The van der Waals surface area contributed by atoms with Crippen molar-refractivity contribution < 1.29 is 4.79 Å². The van der Waals surface area contributed by atoms with E-state index in [-0.39, 0.29) is 17.5 Å². The molecule has 3 rings (SSSR count). The second kappa shape index (κ2) is 5.57. The third kappa shape index (κ3) is 2.31. The molecule has 22 heavy (non-hydrogen) atoms. The molecular formula is C17H18N2O2S. The van der Waals surface area contributed by atoms with Crippen molar-refractivity contribution in [1.82, 2.24) is 9.88 Å². The molecule has 0 saturated heterocycles. The first kappa shape index (κ1) is 14.8. The zero-order valence-corrected chi connectivity index (χ0v) is 13.7. The highest BCUT2D eigenvalue weighted by Gasteiger charge is 2.16. The van der Waals surface area contributed by atoms with Gasteiger partial charge in [0.15, 0.2) is 0 Å². The van der Waals surface area contributed by atoms with E-state index in [9.17, 15) is 9.59 Å². The molecule has 1 atom stereocenters. The summed E-state index contributed by atoms with van der Waals surface area (Å²) in [6.45, 7) is 4.00. The number of carbonyl (C=O) groups excluding carboxylic acids is 1. The molecule has 114 valence electrons. The molecule has 2 aromatic heterocycles. The van der Waals surface area contributed by atoms with Crippen LogP contribution in [-0.2, 0) is 7.05 Å². The van der Waals surface area contributed by atoms with Crippen molar-refractivity contribution in [2.24, 2.45) is 7.05 Å². The summed E-state index contributed by atoms with van der Waals surface area (Å²) in [6.07, 6.45) is 0.876. The Balaban J connectivity index is 2.22. The van der Waals surface area contributed by atoms with Crippen molar-refractivity contribution in [1.29, 1.82) is 0 Å². The summed E-state index contributed by atoms with van der Waals surface area (Å²) in [5.74, 6) is -0.110. The molecule has 1 N–H and O–H groups in total. The van der Waals surface area contributed by atoms with Crippen molar-refractivity contribution in [2.75, 3.05) is 0 Å². The van der Waals surface area contributed by atoms with Crippen molar-refractivity contribution in [3.05, 3.63) is 45.6 Å². The smallest absolute Gasteiger partial charge is 0.261 e. The molecular weight excluding hydrogens is 296 g/mol. The maximum atomic E-state index is 12.5. The minimum atomic E-state index is -0.110. The van der Waals surface area contributed by atoms with E-state index in [1.165, 1.54) is 11.3 Å². The van der Waals surface area contributed by atoms with Gasteiger partial charge in [-0.1, -0.05) is 25.1 Å². The number of pyridine rings is 1. The summed E-state index contributed by atoms with van der Waals surface area (Å²) >= 11 is 1.38. The van der Waals surface area contributed by atoms with E-state index >= 15 is 0 Å². The number of nitrogens with one attached hydrogen (secondary N) is 1. The van der Waals surface area contributed by atoms with Crippen LogP contribution in [0.3, 0.4) is 0 Å². The lowest BCUT2D eigenvalue weighted by Crippen LogP contribution is -2.31. The molecule has 1 amide bonds. The van der Waals surface area contributed by atoms with Crippen LogP contribution in [-0.4, -0.2) is 16.5 Å². The van der Waals surface area contributed by atoms with E-state index in [1.54, 1.807) is 17.7 Å². The van der Waals surface area contributed by atoms with Crippen LogP contribution in [0.5, 0.6) is 0 Å². The van der Waals surface area contributed by atoms with Crippen molar-refractivity contribution in [3.8, 4) is 0 Å². The maximum absolute atomic E-state index is 12.5. The summed E-state index contributed by atoms with van der Waals surface area (Å²) in [5.41, 5.74) is 0.822. The number of thiophene rings is 1. The summed E-state index contributed by atoms with van der Waals surface area (Å²) in [4.78, 5) is 25.4. The number of aryl methyl sites for hydroxylation is 1. The molecule has 1 unspecified atom stereocenters. The monoisotopic (exact) mass is 314 g/mol. The van der Waals surface area contributed by atoms with Gasteiger partial charge in [0, 0.05) is 23.2 Å². The van der Waals surface area contributed by atoms with Gasteiger partial charge in [-0.2, -0.15) is 0 Å². The molecule has 0 radical (unpaired) electrons. The van der Waals surface area contributed by atoms with Gasteiger partial charge in [0.05, 0.1) is 15.8 Å². The van der Waals surface area contributed by atoms with Gasteiger partial charge in [-0.25, -0.2) is 0 Å². The summed E-state index contributed by atoms with van der Waals surface area (Å²) in [7, 11) is 1.76. The van der Waals surface area contributed by atoms with Gasteiger partial charge in [0.25, 0.3) is 11.5 Å². The number of hydrogen-bond donors (Lipinski definition) is 1. The number of amides is 1. The van der Waals surface area contributed by atoms with Crippen LogP contribution >= 0.6 is 11.3 Å². The van der Waals surface area contributed by atoms with Crippen LogP contribution < -0.4 is 10.9 Å². The van der Waals surface area contributed by atoms with Crippen LogP contribution in [0.4, 0.5) is 0 Å². The van der Waals surface area contributed by atoms with Gasteiger partial charge in [0.2, 0.25) is 0 Å². The molecule has 0 bridgehead atoms. The Hall–Kier alpha value is -2.14. The van der Waals surface area contributed by atoms with Gasteiger partial charge >= 0.3 is 0 Å². The molecule has 0 aliphatic heterocycles. The fourth-order valence-electron chi connectivity index (χ4n) is 2.51. The number of aromatic nitrogens is 1. The molecule has 3 aromatic rings. The first-order valence-electron chi connectivity index (χ1n) is 7.35. The molecule has 0 saturated carbocycles. The van der Waals surface area contributed by atoms with Crippen molar-refractivity contribution in [3.63, 3.8) is 0 Å². The van der Waals surface area contributed by atoms with Crippen LogP contribution in [0.25, 0.3) is 21.0 Å². The zero-order valence-electron chi connectivity index (χ0n) is 12.8. The summed E-state index contributed by atoms with van der Waals surface area (Å²) in [6, 6.07) is 9.62. The Morgan fingerprint density at radius 2 is 2.05 bits per heavy atom. The van der Waals surface area contributed by atoms with Crippen LogP contribution in [0.1, 0.15) is 29.9 Å². The van der Waals surface area contributed by atoms with Gasteiger partial charge in [-0.15, -0.1) is 11.3 Å². The first-order valence-corrected chi connectivity index (χ1v) is 8.16. The minimum Gasteiger partial charge on any atom is -0.349 e. The van der Waals surface area contributed by atoms with E-state index in [1.807, 2.05) is 38.1 Å². The number of rotatable bonds is 3. The highest BCUT2D eigenvalue weighted by Crippen LogP contribution is 2.30. The highest BCUT2D eigenvalue weighted by atomic mass is 32.1. The number of para-hydroxylation sites is 1. The van der Waals surface area contributed by atoms with Crippen molar-refractivity contribution in [2.45, 2.75) is 26.3 Å². The van der Waals surface area contributed by atoms with Gasteiger partial charge in [-0.05, 0) is 25.5 Å². The summed E-state index contributed by atoms with van der Waals surface area (Å²) in [5, 5.41) is 4.57. The molecule has 1 aromatic carbocycles. The Labute approximate surface area is 132 Å². The molecule has 0 spiro atoms. The predicted molar refractivity (Wildman–Crippen MR) is 91.8 cm³/mol. The normalized spacial score (nSPS) is 12.7. The van der Waals surface area contributed by atoms with Crippen LogP contribution in [0.2, 0.25) is 0 Å². The lowest BCUT2D eigenvalue weighted by atomic mass is 10.1. The average Bonchev–Trinajstić information content (AvgIpc) is 2.98.